The molecule has 0 aliphatic carbocycles. The molecule has 3 aromatic rings. The molecule has 0 spiro atoms. The lowest BCUT2D eigenvalue weighted by Crippen LogP contribution is -2.20. The maximum absolute atomic E-state index is 12.8. The number of benzene rings is 1. The molecule has 1 aromatic carbocycles. The normalized spacial score (nSPS) is 10.7. The number of nitrogens with zero attached hydrogens (tertiary/aromatic N) is 2. The van der Waals surface area contributed by atoms with Crippen LogP contribution in [0.4, 0.5) is 9.52 Å². The molecule has 0 aliphatic rings. The molecule has 0 fully saturated rings. The Bertz CT molecular complexity index is 862. The Kier molecular flexibility index (Phi) is 4.20. The number of aryl methyl sites for hydroxylation is 2. The van der Waals surface area contributed by atoms with Crippen molar-refractivity contribution >= 4 is 32.7 Å². The van der Waals surface area contributed by atoms with Crippen LogP contribution in [-0.4, -0.2) is 22.5 Å². The highest BCUT2D eigenvalue weighted by Gasteiger charge is 2.11. The van der Waals surface area contributed by atoms with Gasteiger partial charge in [0.15, 0.2) is 17.4 Å². The zero-order valence-electron chi connectivity index (χ0n) is 12.6. The number of pyridine rings is 1. The number of carbonyl (C=O) groups excluding carboxylic acids is 1. The first-order valence-electron chi connectivity index (χ1n) is 6.94. The number of aromatic nitrogens is 2. The minimum absolute atomic E-state index is 0.174. The van der Waals surface area contributed by atoms with Crippen molar-refractivity contribution in [1.29, 1.82) is 0 Å². The fourth-order valence-electron chi connectivity index (χ4n) is 2.11. The van der Waals surface area contributed by atoms with Gasteiger partial charge in [-0.25, -0.2) is 9.37 Å². The highest BCUT2D eigenvalue weighted by atomic mass is 32.1. The number of thiazole rings is 1. The topological polar surface area (TPSA) is 64.1 Å². The summed E-state index contributed by atoms with van der Waals surface area (Å²) >= 11 is 1.37. The Morgan fingerprint density at radius 3 is 2.74 bits per heavy atom. The summed E-state index contributed by atoms with van der Waals surface area (Å²) in [5, 5.41) is 3.17. The fourth-order valence-corrected chi connectivity index (χ4v) is 3.00. The molecule has 118 valence electrons. The smallest absolute Gasteiger partial charge is 0.264 e. The molecule has 5 nitrogen and oxygen atoms in total. The second-order valence-corrected chi connectivity index (χ2v) is 6.04. The van der Waals surface area contributed by atoms with Crippen molar-refractivity contribution in [2.45, 2.75) is 13.8 Å². The molecule has 3 rings (SSSR count). The SMILES string of the molecule is Cc1cc(C)c2sc(NC(=O)COc3ccc(F)cc3)nc2n1. The summed E-state index contributed by atoms with van der Waals surface area (Å²) in [6.07, 6.45) is 0. The molecule has 0 bridgehead atoms. The molecular weight excluding hydrogens is 317 g/mol. The summed E-state index contributed by atoms with van der Waals surface area (Å²) in [5.74, 6) is -0.254. The van der Waals surface area contributed by atoms with Gasteiger partial charge in [-0.3, -0.25) is 10.1 Å². The monoisotopic (exact) mass is 331 g/mol. The van der Waals surface area contributed by atoms with Crippen LogP contribution in [0.5, 0.6) is 5.75 Å². The molecule has 23 heavy (non-hydrogen) atoms. The molecule has 2 heterocycles. The van der Waals surface area contributed by atoms with Crippen LogP contribution in [0, 0.1) is 19.7 Å². The number of rotatable bonds is 4. The van der Waals surface area contributed by atoms with Gasteiger partial charge < -0.3 is 4.74 Å². The van der Waals surface area contributed by atoms with E-state index in [0.717, 1.165) is 16.0 Å². The number of nitrogens with one attached hydrogen (secondary N) is 1. The van der Waals surface area contributed by atoms with Gasteiger partial charge in [-0.15, -0.1) is 0 Å². The van der Waals surface area contributed by atoms with E-state index in [9.17, 15) is 9.18 Å². The van der Waals surface area contributed by atoms with Gasteiger partial charge in [0.05, 0.1) is 4.70 Å². The molecule has 1 amide bonds. The van der Waals surface area contributed by atoms with Crippen LogP contribution in [0.25, 0.3) is 10.3 Å². The molecule has 0 atom stereocenters. The fraction of sp³-hybridized carbons (Fsp3) is 0.188. The molecule has 0 saturated carbocycles. The largest absolute Gasteiger partial charge is 0.484 e. The van der Waals surface area contributed by atoms with Gasteiger partial charge in [-0.05, 0) is 49.7 Å². The van der Waals surface area contributed by atoms with Crippen molar-refractivity contribution < 1.29 is 13.9 Å². The van der Waals surface area contributed by atoms with Crippen LogP contribution >= 0.6 is 11.3 Å². The minimum atomic E-state index is -0.352. The second-order valence-electron chi connectivity index (χ2n) is 5.04. The first-order valence-corrected chi connectivity index (χ1v) is 7.76. The van der Waals surface area contributed by atoms with Gasteiger partial charge in [0.1, 0.15) is 11.6 Å². The van der Waals surface area contributed by atoms with E-state index in [1.807, 2.05) is 19.9 Å². The first kappa shape index (κ1) is 15.4. The van der Waals surface area contributed by atoms with Gasteiger partial charge >= 0.3 is 0 Å². The molecule has 0 unspecified atom stereocenters. The lowest BCUT2D eigenvalue weighted by Gasteiger charge is -2.05. The Labute approximate surface area is 136 Å². The van der Waals surface area contributed by atoms with E-state index >= 15 is 0 Å². The standard InChI is InChI=1S/C16H14FN3O2S/c1-9-7-10(2)18-15-14(9)23-16(20-15)19-13(21)8-22-12-5-3-11(17)4-6-12/h3-7H,8H2,1-2H3,(H,18,19,20,21). The van der Waals surface area contributed by atoms with Crippen LogP contribution in [0.3, 0.4) is 0 Å². The van der Waals surface area contributed by atoms with Crippen molar-refractivity contribution in [2.75, 3.05) is 11.9 Å². The predicted octanol–water partition coefficient (Wildman–Crippen LogP) is 3.46. The van der Waals surface area contributed by atoms with Crippen molar-refractivity contribution in [1.82, 2.24) is 9.97 Å². The van der Waals surface area contributed by atoms with Gasteiger partial charge in [-0.1, -0.05) is 11.3 Å². The highest BCUT2D eigenvalue weighted by Crippen LogP contribution is 2.27. The van der Waals surface area contributed by atoms with Crippen molar-refractivity contribution in [3.8, 4) is 5.75 Å². The van der Waals surface area contributed by atoms with Gasteiger partial charge in [0.25, 0.3) is 5.91 Å². The Hall–Kier alpha value is -2.54. The molecule has 0 aliphatic heterocycles. The Morgan fingerprint density at radius 2 is 2.00 bits per heavy atom. The van der Waals surface area contributed by atoms with E-state index in [1.165, 1.54) is 35.6 Å². The Balaban J connectivity index is 1.65. The summed E-state index contributed by atoms with van der Waals surface area (Å²) in [5.41, 5.74) is 2.59. The number of carbonyl (C=O) groups is 1. The number of anilines is 1. The summed E-state index contributed by atoms with van der Waals surface area (Å²) in [6, 6.07) is 7.46. The van der Waals surface area contributed by atoms with Crippen LogP contribution in [0.15, 0.2) is 30.3 Å². The molecule has 1 N–H and O–H groups in total. The maximum Gasteiger partial charge on any atom is 0.264 e. The molecular formula is C16H14FN3O2S. The van der Waals surface area contributed by atoms with E-state index in [2.05, 4.69) is 15.3 Å². The lowest BCUT2D eigenvalue weighted by atomic mass is 10.2. The average Bonchev–Trinajstić information content (AvgIpc) is 2.89. The highest BCUT2D eigenvalue weighted by molar-refractivity contribution is 7.22. The van der Waals surface area contributed by atoms with Gasteiger partial charge in [0, 0.05) is 5.69 Å². The molecule has 0 radical (unpaired) electrons. The maximum atomic E-state index is 12.8. The number of hydrogen-bond donors (Lipinski definition) is 1. The van der Waals surface area contributed by atoms with Gasteiger partial charge in [0.2, 0.25) is 0 Å². The summed E-state index contributed by atoms with van der Waals surface area (Å²) < 4.78 is 19.0. The first-order chi connectivity index (χ1) is 11.0. The average molecular weight is 331 g/mol. The molecule has 2 aromatic heterocycles. The number of fused-ring (bicyclic) bond motifs is 1. The van der Waals surface area contributed by atoms with Crippen molar-refractivity contribution in [2.24, 2.45) is 0 Å². The number of halogens is 1. The quantitative estimate of drug-likeness (QED) is 0.795. The van der Waals surface area contributed by atoms with Crippen LogP contribution in [0.2, 0.25) is 0 Å². The third kappa shape index (κ3) is 3.62. The van der Waals surface area contributed by atoms with Crippen molar-refractivity contribution in [3.63, 3.8) is 0 Å². The minimum Gasteiger partial charge on any atom is -0.484 e. The van der Waals surface area contributed by atoms with Crippen molar-refractivity contribution in [3.05, 3.63) is 47.4 Å². The van der Waals surface area contributed by atoms with Crippen LogP contribution in [0.1, 0.15) is 11.3 Å². The van der Waals surface area contributed by atoms with E-state index in [1.54, 1.807) is 0 Å². The summed E-state index contributed by atoms with van der Waals surface area (Å²) in [4.78, 5) is 20.6. The van der Waals surface area contributed by atoms with E-state index in [0.29, 0.717) is 16.5 Å². The van der Waals surface area contributed by atoms with Crippen LogP contribution < -0.4 is 10.1 Å². The third-order valence-corrected chi connectivity index (χ3v) is 4.20. The Morgan fingerprint density at radius 1 is 1.26 bits per heavy atom. The van der Waals surface area contributed by atoms with E-state index in [-0.39, 0.29) is 18.3 Å². The van der Waals surface area contributed by atoms with E-state index in [4.69, 9.17) is 4.74 Å². The molecule has 7 heteroatoms. The zero-order chi connectivity index (χ0) is 16.4. The molecule has 0 saturated heterocycles. The number of ether oxygens (including phenoxy) is 1. The van der Waals surface area contributed by atoms with Gasteiger partial charge in [-0.2, -0.15) is 4.98 Å². The predicted molar refractivity (Wildman–Crippen MR) is 87.4 cm³/mol. The number of amides is 1. The van der Waals surface area contributed by atoms with E-state index < -0.39 is 0 Å². The summed E-state index contributed by atoms with van der Waals surface area (Å²) in [6.45, 7) is 3.71. The summed E-state index contributed by atoms with van der Waals surface area (Å²) in [7, 11) is 0. The second kappa shape index (κ2) is 6.29. The zero-order valence-corrected chi connectivity index (χ0v) is 13.4. The third-order valence-electron chi connectivity index (χ3n) is 3.10. The van der Waals surface area contributed by atoms with Crippen LogP contribution in [-0.2, 0) is 4.79 Å². The lowest BCUT2D eigenvalue weighted by molar-refractivity contribution is -0.118. The number of hydrogen-bond acceptors (Lipinski definition) is 5.